The van der Waals surface area contributed by atoms with E-state index < -0.39 is 23.9 Å². The summed E-state index contributed by atoms with van der Waals surface area (Å²) < 4.78 is 5.40. The quantitative estimate of drug-likeness (QED) is 0.577. The maximum atomic E-state index is 12.5. The van der Waals surface area contributed by atoms with E-state index in [9.17, 15) is 14.4 Å². The molecular weight excluding hydrogens is 346 g/mol. The molecule has 7 nitrogen and oxygen atoms in total. The summed E-state index contributed by atoms with van der Waals surface area (Å²) in [6.45, 7) is 8.95. The van der Waals surface area contributed by atoms with E-state index in [4.69, 9.17) is 4.74 Å². The van der Waals surface area contributed by atoms with Crippen molar-refractivity contribution in [3.05, 3.63) is 30.3 Å². The molecule has 0 aliphatic carbocycles. The van der Waals surface area contributed by atoms with Crippen molar-refractivity contribution in [2.45, 2.75) is 59.2 Å². The van der Waals surface area contributed by atoms with Crippen LogP contribution in [-0.4, -0.2) is 42.5 Å². The van der Waals surface area contributed by atoms with E-state index in [1.54, 1.807) is 19.1 Å². The number of ether oxygens (including phenoxy) is 1. The van der Waals surface area contributed by atoms with E-state index in [0.717, 1.165) is 6.42 Å². The number of para-hydroxylation sites is 1. The van der Waals surface area contributed by atoms with Crippen LogP contribution in [0.5, 0.6) is 5.75 Å². The summed E-state index contributed by atoms with van der Waals surface area (Å²) in [6, 6.07) is 7.56. The van der Waals surface area contributed by atoms with Crippen molar-refractivity contribution in [3.63, 3.8) is 0 Å². The van der Waals surface area contributed by atoms with Gasteiger partial charge in [-0.3, -0.25) is 14.4 Å². The first-order chi connectivity index (χ1) is 12.7. The third-order valence-electron chi connectivity index (χ3n) is 4.13. The van der Waals surface area contributed by atoms with Crippen LogP contribution in [-0.2, 0) is 14.4 Å². The maximum absolute atomic E-state index is 12.5. The van der Waals surface area contributed by atoms with Gasteiger partial charge in [-0.05, 0) is 38.3 Å². The van der Waals surface area contributed by atoms with E-state index in [0.29, 0.717) is 5.75 Å². The molecule has 0 aliphatic rings. The lowest BCUT2D eigenvalue weighted by Gasteiger charge is -2.24. The van der Waals surface area contributed by atoms with Gasteiger partial charge in [0.2, 0.25) is 11.8 Å². The molecule has 150 valence electrons. The van der Waals surface area contributed by atoms with Crippen molar-refractivity contribution < 1.29 is 19.1 Å². The molecule has 3 atom stereocenters. The molecular formula is C20H31N3O4. The summed E-state index contributed by atoms with van der Waals surface area (Å²) in [4.78, 5) is 36.8. The van der Waals surface area contributed by atoms with Crippen LogP contribution in [0.3, 0.4) is 0 Å². The van der Waals surface area contributed by atoms with Gasteiger partial charge in [0.25, 0.3) is 5.91 Å². The van der Waals surface area contributed by atoms with Gasteiger partial charge < -0.3 is 20.7 Å². The van der Waals surface area contributed by atoms with Gasteiger partial charge in [0, 0.05) is 6.04 Å². The zero-order valence-corrected chi connectivity index (χ0v) is 16.7. The molecule has 0 saturated carbocycles. The summed E-state index contributed by atoms with van der Waals surface area (Å²) in [5.41, 5.74) is 0. The van der Waals surface area contributed by atoms with Gasteiger partial charge in [-0.15, -0.1) is 0 Å². The molecule has 0 bridgehead atoms. The Morgan fingerprint density at radius 1 is 0.926 bits per heavy atom. The molecule has 0 fully saturated rings. The summed E-state index contributed by atoms with van der Waals surface area (Å²) >= 11 is 0. The molecule has 1 aromatic rings. The molecule has 27 heavy (non-hydrogen) atoms. The normalized spacial score (nSPS) is 14.0. The number of amides is 3. The zero-order valence-electron chi connectivity index (χ0n) is 16.7. The highest BCUT2D eigenvalue weighted by molar-refractivity contribution is 5.92. The lowest BCUT2D eigenvalue weighted by atomic mass is 10.0. The fourth-order valence-corrected chi connectivity index (χ4v) is 2.25. The highest BCUT2D eigenvalue weighted by Crippen LogP contribution is 2.08. The van der Waals surface area contributed by atoms with E-state index in [1.165, 1.54) is 0 Å². The Morgan fingerprint density at radius 3 is 2.11 bits per heavy atom. The van der Waals surface area contributed by atoms with Gasteiger partial charge in [-0.25, -0.2) is 0 Å². The predicted molar refractivity (Wildman–Crippen MR) is 104 cm³/mol. The molecule has 3 amide bonds. The largest absolute Gasteiger partial charge is 0.484 e. The molecule has 0 saturated heterocycles. The number of carbonyl (C=O) groups excluding carboxylic acids is 3. The standard InChI is InChI=1S/C20H31N3O4/c1-6-14(4)21-19(25)15(5)22-20(26)18(13(2)3)23-17(24)12-27-16-10-8-7-9-11-16/h7-11,13-15,18H,6,12H2,1-5H3,(H,21,25)(H,22,26)(H,23,24). The van der Waals surface area contributed by atoms with Crippen molar-refractivity contribution in [2.75, 3.05) is 6.61 Å². The average molecular weight is 377 g/mol. The Kier molecular flexibility index (Phi) is 9.33. The molecule has 0 aromatic heterocycles. The van der Waals surface area contributed by atoms with Crippen LogP contribution in [0.1, 0.15) is 41.0 Å². The molecule has 1 aromatic carbocycles. The first kappa shape index (κ1) is 22.5. The van der Waals surface area contributed by atoms with Gasteiger partial charge in [0.05, 0.1) is 0 Å². The second-order valence-electron chi connectivity index (χ2n) is 6.94. The monoisotopic (exact) mass is 377 g/mol. The Bertz CT molecular complexity index is 619. The third-order valence-corrected chi connectivity index (χ3v) is 4.13. The van der Waals surface area contributed by atoms with Gasteiger partial charge in [0.1, 0.15) is 17.8 Å². The van der Waals surface area contributed by atoms with Crippen molar-refractivity contribution in [3.8, 4) is 5.75 Å². The highest BCUT2D eigenvalue weighted by Gasteiger charge is 2.27. The number of benzene rings is 1. The molecule has 0 aliphatic heterocycles. The predicted octanol–water partition coefficient (Wildman–Crippen LogP) is 1.63. The summed E-state index contributed by atoms with van der Waals surface area (Å²) in [6.07, 6.45) is 0.804. The minimum atomic E-state index is -0.754. The fourth-order valence-electron chi connectivity index (χ4n) is 2.25. The van der Waals surface area contributed by atoms with Crippen LogP contribution in [0, 0.1) is 5.92 Å². The first-order valence-electron chi connectivity index (χ1n) is 9.32. The van der Waals surface area contributed by atoms with Crippen molar-refractivity contribution in [1.29, 1.82) is 0 Å². The topological polar surface area (TPSA) is 96.5 Å². The molecule has 0 heterocycles. The Balaban J connectivity index is 2.56. The summed E-state index contributed by atoms with van der Waals surface area (Å²) in [7, 11) is 0. The molecule has 1 rings (SSSR count). The summed E-state index contributed by atoms with van der Waals surface area (Å²) in [5, 5.41) is 8.16. The lowest BCUT2D eigenvalue weighted by molar-refractivity contribution is -0.133. The van der Waals surface area contributed by atoms with E-state index in [-0.39, 0.29) is 24.5 Å². The Morgan fingerprint density at radius 2 is 1.56 bits per heavy atom. The van der Waals surface area contributed by atoms with Crippen LogP contribution >= 0.6 is 0 Å². The number of hydrogen-bond acceptors (Lipinski definition) is 4. The molecule has 3 N–H and O–H groups in total. The Hall–Kier alpha value is -2.57. The minimum Gasteiger partial charge on any atom is -0.484 e. The molecule has 7 heteroatoms. The van der Waals surface area contributed by atoms with Crippen LogP contribution in [0.2, 0.25) is 0 Å². The molecule has 3 unspecified atom stereocenters. The van der Waals surface area contributed by atoms with E-state index in [2.05, 4.69) is 16.0 Å². The van der Waals surface area contributed by atoms with Crippen LogP contribution < -0.4 is 20.7 Å². The molecule has 0 radical (unpaired) electrons. The van der Waals surface area contributed by atoms with E-state index in [1.807, 2.05) is 45.9 Å². The Labute approximate surface area is 161 Å². The fraction of sp³-hybridized carbons (Fsp3) is 0.550. The minimum absolute atomic E-state index is 0.0348. The number of nitrogens with one attached hydrogen (secondary N) is 3. The van der Waals surface area contributed by atoms with Crippen molar-refractivity contribution in [2.24, 2.45) is 5.92 Å². The summed E-state index contributed by atoms with van der Waals surface area (Å²) in [5.74, 6) is -0.614. The molecule has 0 spiro atoms. The van der Waals surface area contributed by atoms with E-state index >= 15 is 0 Å². The van der Waals surface area contributed by atoms with Gasteiger partial charge in [-0.1, -0.05) is 39.0 Å². The zero-order chi connectivity index (χ0) is 20.4. The maximum Gasteiger partial charge on any atom is 0.258 e. The van der Waals surface area contributed by atoms with Gasteiger partial charge in [0.15, 0.2) is 6.61 Å². The second-order valence-corrected chi connectivity index (χ2v) is 6.94. The second kappa shape index (κ2) is 11.2. The van der Waals surface area contributed by atoms with Gasteiger partial charge in [-0.2, -0.15) is 0 Å². The third kappa shape index (κ3) is 8.11. The smallest absolute Gasteiger partial charge is 0.258 e. The van der Waals surface area contributed by atoms with Crippen LogP contribution in [0.15, 0.2) is 30.3 Å². The van der Waals surface area contributed by atoms with Crippen LogP contribution in [0.4, 0.5) is 0 Å². The SMILES string of the molecule is CCC(C)NC(=O)C(C)NC(=O)C(NC(=O)COc1ccccc1)C(C)C. The first-order valence-corrected chi connectivity index (χ1v) is 9.32. The van der Waals surface area contributed by atoms with Gasteiger partial charge >= 0.3 is 0 Å². The average Bonchev–Trinajstić information content (AvgIpc) is 2.64. The number of rotatable bonds is 10. The lowest BCUT2D eigenvalue weighted by Crippen LogP contribution is -2.55. The highest BCUT2D eigenvalue weighted by atomic mass is 16.5. The van der Waals surface area contributed by atoms with Crippen LogP contribution in [0.25, 0.3) is 0 Å². The van der Waals surface area contributed by atoms with Crippen molar-refractivity contribution >= 4 is 17.7 Å². The number of carbonyl (C=O) groups is 3. The van der Waals surface area contributed by atoms with Crippen molar-refractivity contribution in [1.82, 2.24) is 16.0 Å². The number of hydrogen-bond donors (Lipinski definition) is 3.